The Kier molecular flexibility index (Phi) is 4.79. The van der Waals surface area contributed by atoms with Gasteiger partial charge in [0.25, 0.3) is 0 Å². The topological polar surface area (TPSA) is 36.3 Å². The largest absolute Gasteiger partial charge is 0.360 e. The first kappa shape index (κ1) is 14.0. The van der Waals surface area contributed by atoms with E-state index in [1.807, 2.05) is 6.92 Å². The third-order valence-corrected chi connectivity index (χ3v) is 4.90. The molecule has 0 N–H and O–H groups in total. The van der Waals surface area contributed by atoms with Crippen LogP contribution in [-0.4, -0.2) is 30.2 Å². The summed E-state index contributed by atoms with van der Waals surface area (Å²) in [5.41, 5.74) is -0.540. The molecule has 2 rings (SSSR count). The molecule has 0 atom stereocenters. The average Bonchev–Trinajstić information content (AvgIpc) is 2.78. The monoisotopic (exact) mass is 328 g/mol. The van der Waals surface area contributed by atoms with Gasteiger partial charge in [0.05, 0.1) is 9.86 Å². The molecule has 0 radical (unpaired) electrons. The van der Waals surface area contributed by atoms with Crippen molar-refractivity contribution in [2.45, 2.75) is 31.9 Å². The van der Waals surface area contributed by atoms with Crippen molar-refractivity contribution in [2.24, 2.45) is 0 Å². The molecule has 2 heterocycles. The van der Waals surface area contributed by atoms with Gasteiger partial charge < -0.3 is 4.74 Å². The molecule has 1 aliphatic heterocycles. The van der Waals surface area contributed by atoms with Crippen LogP contribution in [0.3, 0.4) is 0 Å². The Bertz CT molecular complexity index is 432. The third kappa shape index (κ3) is 3.33. The van der Waals surface area contributed by atoms with Crippen molar-refractivity contribution < 1.29 is 4.74 Å². The number of piperidine rings is 1. The van der Waals surface area contributed by atoms with Gasteiger partial charge in [0, 0.05) is 44.0 Å². The number of nitriles is 1. The summed E-state index contributed by atoms with van der Waals surface area (Å²) in [6, 6.07) is 6.60. The van der Waals surface area contributed by atoms with E-state index in [1.54, 1.807) is 11.3 Å². The van der Waals surface area contributed by atoms with Crippen molar-refractivity contribution in [2.75, 3.05) is 19.7 Å². The van der Waals surface area contributed by atoms with Crippen molar-refractivity contribution in [3.05, 3.63) is 20.8 Å². The second-order valence-electron chi connectivity index (χ2n) is 4.52. The van der Waals surface area contributed by atoms with Crippen LogP contribution < -0.4 is 0 Å². The lowest BCUT2D eigenvalue weighted by Gasteiger charge is -2.36. The van der Waals surface area contributed by atoms with Gasteiger partial charge in [0.1, 0.15) is 0 Å². The molecule has 0 bridgehead atoms. The van der Waals surface area contributed by atoms with E-state index in [4.69, 9.17) is 4.74 Å². The summed E-state index contributed by atoms with van der Waals surface area (Å²) in [6.45, 7) is 5.41. The summed E-state index contributed by atoms with van der Waals surface area (Å²) in [5, 5.41) is 9.25. The van der Waals surface area contributed by atoms with E-state index in [9.17, 15) is 5.26 Å². The predicted molar refractivity (Wildman–Crippen MR) is 76.5 cm³/mol. The quantitative estimate of drug-likeness (QED) is 0.849. The molecule has 1 fully saturated rings. The highest BCUT2D eigenvalue weighted by Gasteiger charge is 2.35. The van der Waals surface area contributed by atoms with E-state index in [2.05, 4.69) is 39.0 Å². The normalized spacial score (nSPS) is 19.6. The van der Waals surface area contributed by atoms with Crippen LogP contribution >= 0.6 is 27.3 Å². The number of rotatable bonds is 4. The van der Waals surface area contributed by atoms with E-state index >= 15 is 0 Å². The molecule has 0 unspecified atom stereocenters. The van der Waals surface area contributed by atoms with E-state index in [0.717, 1.165) is 32.5 Å². The fraction of sp³-hybridized carbons (Fsp3) is 0.615. The summed E-state index contributed by atoms with van der Waals surface area (Å²) in [7, 11) is 0. The van der Waals surface area contributed by atoms with E-state index in [-0.39, 0.29) is 0 Å². The fourth-order valence-corrected chi connectivity index (χ4v) is 3.82. The van der Waals surface area contributed by atoms with E-state index in [1.165, 1.54) is 8.66 Å². The van der Waals surface area contributed by atoms with Crippen LogP contribution in [0.25, 0.3) is 0 Å². The highest BCUT2D eigenvalue weighted by molar-refractivity contribution is 9.11. The number of hydrogen-bond acceptors (Lipinski definition) is 4. The maximum absolute atomic E-state index is 9.25. The number of halogens is 1. The molecule has 0 aliphatic carbocycles. The number of ether oxygens (including phenoxy) is 1. The molecular weight excluding hydrogens is 312 g/mol. The lowest BCUT2D eigenvalue weighted by molar-refractivity contribution is -0.0397. The van der Waals surface area contributed by atoms with Crippen LogP contribution in [0.2, 0.25) is 0 Å². The first-order valence-electron chi connectivity index (χ1n) is 6.19. The van der Waals surface area contributed by atoms with Crippen molar-refractivity contribution in [3.63, 3.8) is 0 Å². The highest BCUT2D eigenvalue weighted by atomic mass is 79.9. The summed E-state index contributed by atoms with van der Waals surface area (Å²) in [5.74, 6) is 0. The Balaban J connectivity index is 1.88. The van der Waals surface area contributed by atoms with Gasteiger partial charge >= 0.3 is 0 Å². The summed E-state index contributed by atoms with van der Waals surface area (Å²) in [4.78, 5) is 3.76. The Hall–Kier alpha value is -0.410. The minimum atomic E-state index is -0.540. The smallest absolute Gasteiger partial charge is 0.156 e. The third-order valence-electron chi connectivity index (χ3n) is 3.30. The van der Waals surface area contributed by atoms with Crippen molar-refractivity contribution in [3.8, 4) is 6.07 Å². The Morgan fingerprint density at radius 1 is 1.50 bits per heavy atom. The molecule has 1 aromatic heterocycles. The van der Waals surface area contributed by atoms with Crippen LogP contribution in [0, 0.1) is 11.3 Å². The second kappa shape index (κ2) is 6.16. The fourth-order valence-electron chi connectivity index (χ4n) is 2.29. The summed E-state index contributed by atoms with van der Waals surface area (Å²) in [6.07, 6.45) is 1.62. The molecule has 18 heavy (non-hydrogen) atoms. The van der Waals surface area contributed by atoms with Crippen LogP contribution in [0.1, 0.15) is 24.6 Å². The van der Waals surface area contributed by atoms with Gasteiger partial charge in [0.2, 0.25) is 0 Å². The second-order valence-corrected chi connectivity index (χ2v) is 7.07. The Labute approximate surface area is 120 Å². The van der Waals surface area contributed by atoms with E-state index < -0.39 is 5.60 Å². The molecule has 5 heteroatoms. The van der Waals surface area contributed by atoms with Gasteiger partial charge in [0.15, 0.2) is 5.60 Å². The maximum Gasteiger partial charge on any atom is 0.156 e. The van der Waals surface area contributed by atoms with Gasteiger partial charge in [-0.1, -0.05) is 0 Å². The molecule has 3 nitrogen and oxygen atoms in total. The lowest BCUT2D eigenvalue weighted by Crippen LogP contribution is -2.44. The SMILES string of the molecule is CCOC1(C#N)CCN(Cc2ccc(Br)s2)CC1. The Morgan fingerprint density at radius 3 is 2.72 bits per heavy atom. The van der Waals surface area contributed by atoms with Gasteiger partial charge in [-0.05, 0) is 35.0 Å². The first-order valence-corrected chi connectivity index (χ1v) is 7.80. The number of nitrogens with zero attached hydrogens (tertiary/aromatic N) is 2. The highest BCUT2D eigenvalue weighted by Crippen LogP contribution is 2.28. The van der Waals surface area contributed by atoms with Crippen molar-refractivity contribution >= 4 is 27.3 Å². The molecule has 0 spiro atoms. The van der Waals surface area contributed by atoms with Crippen LogP contribution in [0.15, 0.2) is 15.9 Å². The zero-order chi connectivity index (χ0) is 13.0. The molecule has 0 saturated carbocycles. The molecule has 1 saturated heterocycles. The van der Waals surface area contributed by atoms with E-state index in [0.29, 0.717) is 6.61 Å². The molecule has 98 valence electrons. The summed E-state index contributed by atoms with van der Waals surface area (Å²) < 4.78 is 6.81. The maximum atomic E-state index is 9.25. The van der Waals surface area contributed by atoms with Gasteiger partial charge in [-0.2, -0.15) is 5.26 Å². The zero-order valence-corrected chi connectivity index (χ0v) is 12.9. The molecule has 0 amide bonds. The van der Waals surface area contributed by atoms with Crippen molar-refractivity contribution in [1.82, 2.24) is 4.90 Å². The van der Waals surface area contributed by atoms with Gasteiger partial charge in [-0.25, -0.2) is 0 Å². The van der Waals surface area contributed by atoms with Crippen LogP contribution in [-0.2, 0) is 11.3 Å². The number of likely N-dealkylation sites (tertiary alicyclic amines) is 1. The number of thiophene rings is 1. The van der Waals surface area contributed by atoms with Crippen molar-refractivity contribution in [1.29, 1.82) is 5.26 Å². The minimum absolute atomic E-state index is 0.540. The van der Waals surface area contributed by atoms with Gasteiger partial charge in [-0.15, -0.1) is 11.3 Å². The molecule has 0 aromatic carbocycles. The number of hydrogen-bond donors (Lipinski definition) is 0. The first-order chi connectivity index (χ1) is 8.67. The molecule has 1 aliphatic rings. The molecule has 1 aromatic rings. The standard InChI is InChI=1S/C13H17BrN2OS/c1-2-17-13(10-15)5-7-16(8-6-13)9-11-3-4-12(14)18-11/h3-4H,2,5-9H2,1H3. The van der Waals surface area contributed by atoms with Crippen LogP contribution in [0.5, 0.6) is 0 Å². The predicted octanol–water partition coefficient (Wildman–Crippen LogP) is 3.41. The molecular formula is C13H17BrN2OS. The average molecular weight is 329 g/mol. The lowest BCUT2D eigenvalue weighted by atomic mass is 9.92. The Morgan fingerprint density at radius 2 is 2.22 bits per heavy atom. The zero-order valence-electron chi connectivity index (χ0n) is 10.5. The minimum Gasteiger partial charge on any atom is -0.360 e. The summed E-state index contributed by atoms with van der Waals surface area (Å²) >= 11 is 5.26. The van der Waals surface area contributed by atoms with Gasteiger partial charge in [-0.3, -0.25) is 4.90 Å². The van der Waals surface area contributed by atoms with Crippen LogP contribution in [0.4, 0.5) is 0 Å².